The zero-order valence-corrected chi connectivity index (χ0v) is 14.7. The van der Waals surface area contributed by atoms with Crippen molar-refractivity contribution in [1.82, 2.24) is 0 Å². The Labute approximate surface area is 135 Å². The minimum atomic E-state index is 0.303. The fraction of sp³-hybridized carbons (Fsp3) is 1.00. The highest BCUT2D eigenvalue weighted by Gasteiger charge is 1.97. The van der Waals surface area contributed by atoms with E-state index < -0.39 is 0 Å². The van der Waals surface area contributed by atoms with Crippen LogP contribution in [0.25, 0.3) is 0 Å². The zero-order valence-electron chi connectivity index (χ0n) is 13.2. The molecule has 0 saturated carbocycles. The van der Waals surface area contributed by atoms with Crippen molar-refractivity contribution < 1.29 is 9.47 Å². The lowest BCUT2D eigenvalue weighted by Crippen LogP contribution is -2.06. The van der Waals surface area contributed by atoms with E-state index >= 15 is 0 Å². The fourth-order valence-electron chi connectivity index (χ4n) is 1.94. The SMILES string of the molecule is CC(Cl)CCCCCOCCOCCCCCC(C)Cl. The van der Waals surface area contributed by atoms with Gasteiger partial charge in [-0.05, 0) is 39.5 Å². The van der Waals surface area contributed by atoms with Crippen LogP contribution in [0.4, 0.5) is 0 Å². The van der Waals surface area contributed by atoms with Crippen LogP contribution in [0.3, 0.4) is 0 Å². The van der Waals surface area contributed by atoms with Crippen LogP contribution in [-0.4, -0.2) is 37.2 Å². The van der Waals surface area contributed by atoms with Crippen LogP contribution in [-0.2, 0) is 9.47 Å². The van der Waals surface area contributed by atoms with Gasteiger partial charge in [-0.15, -0.1) is 23.2 Å². The number of rotatable bonds is 15. The molecule has 0 aromatic rings. The van der Waals surface area contributed by atoms with Crippen molar-refractivity contribution in [2.45, 2.75) is 76.0 Å². The Bertz CT molecular complexity index is 167. The van der Waals surface area contributed by atoms with Crippen molar-refractivity contribution in [3.8, 4) is 0 Å². The fourth-order valence-corrected chi connectivity index (χ4v) is 2.24. The average Bonchev–Trinajstić information content (AvgIpc) is 2.38. The summed E-state index contributed by atoms with van der Waals surface area (Å²) in [4.78, 5) is 0. The molecule has 0 spiro atoms. The first kappa shape index (κ1) is 20.5. The number of hydrogen-bond donors (Lipinski definition) is 0. The third-order valence-electron chi connectivity index (χ3n) is 3.15. The van der Waals surface area contributed by atoms with Gasteiger partial charge in [0.2, 0.25) is 0 Å². The molecule has 0 aliphatic carbocycles. The Hall–Kier alpha value is 0.500. The zero-order chi connectivity index (χ0) is 15.1. The van der Waals surface area contributed by atoms with Crippen LogP contribution in [0, 0.1) is 0 Å². The Kier molecular flexibility index (Phi) is 16.3. The molecule has 2 atom stereocenters. The standard InChI is InChI=1S/C16H32Cl2O2/c1-15(17)9-5-3-7-11-19-13-14-20-12-8-4-6-10-16(2)18/h15-16H,3-14H2,1-2H3. The van der Waals surface area contributed by atoms with Crippen molar-refractivity contribution >= 4 is 23.2 Å². The quantitative estimate of drug-likeness (QED) is 0.296. The molecular weight excluding hydrogens is 295 g/mol. The Morgan fingerprint density at radius 3 is 1.35 bits per heavy atom. The maximum Gasteiger partial charge on any atom is 0.0700 e. The van der Waals surface area contributed by atoms with Crippen LogP contribution in [0.5, 0.6) is 0 Å². The largest absolute Gasteiger partial charge is 0.379 e. The molecule has 0 fully saturated rings. The molecule has 0 aromatic heterocycles. The number of unbranched alkanes of at least 4 members (excludes halogenated alkanes) is 4. The van der Waals surface area contributed by atoms with Gasteiger partial charge in [-0.25, -0.2) is 0 Å². The summed E-state index contributed by atoms with van der Waals surface area (Å²) < 4.78 is 11.0. The molecule has 122 valence electrons. The second-order valence-electron chi connectivity index (χ2n) is 5.48. The maximum atomic E-state index is 5.88. The number of hydrogen-bond acceptors (Lipinski definition) is 2. The van der Waals surface area contributed by atoms with Crippen LogP contribution in [0.2, 0.25) is 0 Å². The third kappa shape index (κ3) is 18.5. The highest BCUT2D eigenvalue weighted by molar-refractivity contribution is 6.20. The number of alkyl halides is 2. The summed E-state index contributed by atoms with van der Waals surface area (Å²) in [6, 6.07) is 0. The highest BCUT2D eigenvalue weighted by atomic mass is 35.5. The molecule has 0 radical (unpaired) electrons. The molecule has 0 bridgehead atoms. The van der Waals surface area contributed by atoms with Gasteiger partial charge >= 0.3 is 0 Å². The van der Waals surface area contributed by atoms with Crippen molar-refractivity contribution in [1.29, 1.82) is 0 Å². The van der Waals surface area contributed by atoms with E-state index in [1.807, 2.05) is 13.8 Å². The van der Waals surface area contributed by atoms with Gasteiger partial charge in [0, 0.05) is 24.0 Å². The van der Waals surface area contributed by atoms with E-state index in [-0.39, 0.29) is 0 Å². The molecule has 0 aromatic carbocycles. The van der Waals surface area contributed by atoms with E-state index in [0.29, 0.717) is 24.0 Å². The van der Waals surface area contributed by atoms with Gasteiger partial charge in [0.25, 0.3) is 0 Å². The molecule has 0 rings (SSSR count). The van der Waals surface area contributed by atoms with Gasteiger partial charge in [-0.3, -0.25) is 0 Å². The molecule has 2 nitrogen and oxygen atoms in total. The van der Waals surface area contributed by atoms with Crippen LogP contribution in [0.1, 0.15) is 65.2 Å². The molecule has 0 amide bonds. The van der Waals surface area contributed by atoms with Crippen LogP contribution < -0.4 is 0 Å². The smallest absolute Gasteiger partial charge is 0.0700 e. The molecule has 0 heterocycles. The summed E-state index contributed by atoms with van der Waals surface area (Å²) in [5, 5.41) is 0.605. The van der Waals surface area contributed by atoms with E-state index in [2.05, 4.69) is 0 Å². The first-order valence-corrected chi connectivity index (χ1v) is 8.94. The Balaban J connectivity index is 2.96. The van der Waals surface area contributed by atoms with Crippen LogP contribution >= 0.6 is 23.2 Å². The topological polar surface area (TPSA) is 18.5 Å². The average molecular weight is 327 g/mol. The van der Waals surface area contributed by atoms with E-state index in [1.165, 1.54) is 25.7 Å². The summed E-state index contributed by atoms with van der Waals surface area (Å²) in [5.74, 6) is 0. The minimum Gasteiger partial charge on any atom is -0.379 e. The van der Waals surface area contributed by atoms with E-state index in [4.69, 9.17) is 32.7 Å². The molecule has 4 heteroatoms. The third-order valence-corrected chi connectivity index (χ3v) is 3.59. The Morgan fingerprint density at radius 2 is 1.00 bits per heavy atom. The summed E-state index contributed by atoms with van der Waals surface area (Å²) in [6.07, 6.45) is 9.27. The van der Waals surface area contributed by atoms with Gasteiger partial charge in [0.15, 0.2) is 0 Å². The van der Waals surface area contributed by atoms with Crippen LogP contribution in [0.15, 0.2) is 0 Å². The normalized spacial score (nSPS) is 14.4. The van der Waals surface area contributed by atoms with Gasteiger partial charge in [0.05, 0.1) is 13.2 Å². The lowest BCUT2D eigenvalue weighted by Gasteiger charge is -2.07. The van der Waals surface area contributed by atoms with Crippen molar-refractivity contribution in [2.24, 2.45) is 0 Å². The predicted molar refractivity (Wildman–Crippen MR) is 89.2 cm³/mol. The van der Waals surface area contributed by atoms with Crippen molar-refractivity contribution in [3.63, 3.8) is 0 Å². The van der Waals surface area contributed by atoms with E-state index in [9.17, 15) is 0 Å². The molecule has 2 unspecified atom stereocenters. The second kappa shape index (κ2) is 15.9. The first-order chi connectivity index (χ1) is 9.63. The summed E-state index contributed by atoms with van der Waals surface area (Å²) in [5.41, 5.74) is 0. The van der Waals surface area contributed by atoms with Gasteiger partial charge < -0.3 is 9.47 Å². The molecule has 0 saturated heterocycles. The van der Waals surface area contributed by atoms with Gasteiger partial charge in [-0.2, -0.15) is 0 Å². The van der Waals surface area contributed by atoms with Crippen molar-refractivity contribution in [2.75, 3.05) is 26.4 Å². The molecule has 0 N–H and O–H groups in total. The van der Waals surface area contributed by atoms with Crippen molar-refractivity contribution in [3.05, 3.63) is 0 Å². The van der Waals surface area contributed by atoms with Gasteiger partial charge in [-0.1, -0.05) is 25.7 Å². The lowest BCUT2D eigenvalue weighted by molar-refractivity contribution is 0.0448. The minimum absolute atomic E-state index is 0.303. The highest BCUT2D eigenvalue weighted by Crippen LogP contribution is 2.08. The molecule has 0 aliphatic rings. The summed E-state index contributed by atoms with van der Waals surface area (Å²) in [7, 11) is 0. The first-order valence-electron chi connectivity index (χ1n) is 8.06. The molecule has 0 aliphatic heterocycles. The molecular formula is C16H32Cl2O2. The molecule has 20 heavy (non-hydrogen) atoms. The number of ether oxygens (including phenoxy) is 2. The summed E-state index contributed by atoms with van der Waals surface area (Å²) >= 11 is 11.8. The summed E-state index contributed by atoms with van der Waals surface area (Å²) in [6.45, 7) is 7.20. The number of halogens is 2. The maximum absolute atomic E-state index is 5.88. The van der Waals surface area contributed by atoms with E-state index in [0.717, 1.165) is 38.9 Å². The monoisotopic (exact) mass is 326 g/mol. The lowest BCUT2D eigenvalue weighted by atomic mass is 10.2. The Morgan fingerprint density at radius 1 is 0.600 bits per heavy atom. The van der Waals surface area contributed by atoms with Gasteiger partial charge in [0.1, 0.15) is 0 Å². The second-order valence-corrected chi connectivity index (χ2v) is 6.98. The predicted octanol–water partition coefficient (Wildman–Crippen LogP) is 5.40. The van der Waals surface area contributed by atoms with E-state index in [1.54, 1.807) is 0 Å².